The zero-order chi connectivity index (χ0) is 23.0. The van der Waals surface area contributed by atoms with Crippen LogP contribution in [0.25, 0.3) is 0 Å². The number of hydrogen-bond acceptors (Lipinski definition) is 4. The minimum atomic E-state index is -1.01. The standard InChI is InChI=1S/C27H44O4/c1-17(2)25(30)23(29)16-27(5,31)24-13-12-22-19(7-6-14-26(22,24)4)9-10-20-15-21(28)11-8-18(20)3/h9-10,17,21-25,28-31H,3,6-8,11-16H2,1-2,4-5H3/b19-9+,20-10-/t21-,22+,23?,24-,25?,26+,27-/m0/s1. The van der Waals surface area contributed by atoms with E-state index in [1.165, 1.54) is 11.1 Å². The van der Waals surface area contributed by atoms with Gasteiger partial charge in [-0.05, 0) is 87.0 Å². The van der Waals surface area contributed by atoms with Crippen LogP contribution in [0, 0.1) is 23.2 Å². The van der Waals surface area contributed by atoms with E-state index in [-0.39, 0.29) is 29.8 Å². The normalized spacial score (nSPS) is 38.4. The van der Waals surface area contributed by atoms with Crippen LogP contribution in [0.3, 0.4) is 0 Å². The van der Waals surface area contributed by atoms with Gasteiger partial charge < -0.3 is 20.4 Å². The third-order valence-electron chi connectivity index (χ3n) is 8.60. The summed E-state index contributed by atoms with van der Waals surface area (Å²) < 4.78 is 0. The zero-order valence-electron chi connectivity index (χ0n) is 20.0. The third-order valence-corrected chi connectivity index (χ3v) is 8.60. The Morgan fingerprint density at radius 3 is 2.55 bits per heavy atom. The largest absolute Gasteiger partial charge is 0.393 e. The minimum Gasteiger partial charge on any atom is -0.393 e. The first-order chi connectivity index (χ1) is 14.5. The van der Waals surface area contributed by atoms with Crippen molar-refractivity contribution >= 4 is 0 Å². The molecule has 0 aromatic rings. The maximum atomic E-state index is 11.5. The second kappa shape index (κ2) is 9.51. The molecule has 0 aliphatic heterocycles. The Bertz CT molecular complexity index is 719. The summed E-state index contributed by atoms with van der Waals surface area (Å²) in [6, 6.07) is 0. The number of aliphatic hydroxyl groups excluding tert-OH is 3. The quantitative estimate of drug-likeness (QED) is 0.491. The fourth-order valence-electron chi connectivity index (χ4n) is 6.79. The maximum Gasteiger partial charge on any atom is 0.0829 e. The van der Waals surface area contributed by atoms with E-state index in [9.17, 15) is 20.4 Å². The van der Waals surface area contributed by atoms with Crippen LogP contribution in [0.15, 0.2) is 35.5 Å². The van der Waals surface area contributed by atoms with E-state index in [0.717, 1.165) is 50.5 Å². The molecular weight excluding hydrogens is 388 g/mol. The van der Waals surface area contributed by atoms with Gasteiger partial charge in [0.05, 0.1) is 23.9 Å². The molecule has 3 rings (SSSR count). The molecule has 0 amide bonds. The van der Waals surface area contributed by atoms with Crippen molar-refractivity contribution in [2.45, 2.75) is 109 Å². The summed E-state index contributed by atoms with van der Waals surface area (Å²) in [4.78, 5) is 0. The molecule has 0 bridgehead atoms. The smallest absolute Gasteiger partial charge is 0.0829 e. The lowest BCUT2D eigenvalue weighted by molar-refractivity contribution is -0.109. The molecule has 0 spiro atoms. The van der Waals surface area contributed by atoms with Crippen molar-refractivity contribution in [2.75, 3.05) is 0 Å². The first-order valence-corrected chi connectivity index (χ1v) is 12.3. The Morgan fingerprint density at radius 1 is 1.16 bits per heavy atom. The highest BCUT2D eigenvalue weighted by Gasteiger charge is 2.55. The third kappa shape index (κ3) is 5.19. The second-order valence-electron chi connectivity index (χ2n) is 11.3. The number of fused-ring (bicyclic) bond motifs is 1. The van der Waals surface area contributed by atoms with Crippen molar-refractivity contribution in [3.8, 4) is 0 Å². The summed E-state index contributed by atoms with van der Waals surface area (Å²) in [5.74, 6) is 0.494. The molecule has 3 aliphatic carbocycles. The summed E-state index contributed by atoms with van der Waals surface area (Å²) >= 11 is 0. The Hall–Kier alpha value is -0.940. The Labute approximate surface area is 188 Å². The van der Waals surface area contributed by atoms with Gasteiger partial charge in [-0.3, -0.25) is 0 Å². The predicted octanol–water partition coefficient (Wildman–Crippen LogP) is 4.68. The van der Waals surface area contributed by atoms with Gasteiger partial charge in [0.15, 0.2) is 0 Å². The van der Waals surface area contributed by atoms with Gasteiger partial charge in [0.2, 0.25) is 0 Å². The molecule has 4 nitrogen and oxygen atoms in total. The summed E-state index contributed by atoms with van der Waals surface area (Å²) in [6.07, 6.45) is 10.3. The number of rotatable bonds is 6. The average Bonchev–Trinajstić information content (AvgIpc) is 3.06. The molecule has 3 saturated carbocycles. The minimum absolute atomic E-state index is 0.00230. The van der Waals surface area contributed by atoms with Gasteiger partial charge in [-0.1, -0.05) is 50.6 Å². The van der Waals surface area contributed by atoms with E-state index in [1.54, 1.807) is 0 Å². The van der Waals surface area contributed by atoms with Crippen LogP contribution in [0.2, 0.25) is 0 Å². The fraction of sp³-hybridized carbons (Fsp3) is 0.778. The van der Waals surface area contributed by atoms with Crippen LogP contribution >= 0.6 is 0 Å². The molecule has 4 N–H and O–H groups in total. The van der Waals surface area contributed by atoms with Gasteiger partial charge in [-0.2, -0.15) is 0 Å². The summed E-state index contributed by atoms with van der Waals surface area (Å²) in [7, 11) is 0. The van der Waals surface area contributed by atoms with E-state index in [4.69, 9.17) is 0 Å². The molecule has 4 heteroatoms. The Balaban J connectivity index is 1.78. The molecule has 3 aliphatic rings. The van der Waals surface area contributed by atoms with Crippen LogP contribution in [0.4, 0.5) is 0 Å². The van der Waals surface area contributed by atoms with Crippen molar-refractivity contribution in [2.24, 2.45) is 23.2 Å². The van der Waals surface area contributed by atoms with E-state index < -0.39 is 17.8 Å². The molecule has 0 saturated heterocycles. The molecule has 2 unspecified atom stereocenters. The molecule has 3 fully saturated rings. The monoisotopic (exact) mass is 432 g/mol. The Kier molecular flexibility index (Phi) is 7.57. The van der Waals surface area contributed by atoms with Crippen LogP contribution in [0.1, 0.15) is 85.5 Å². The lowest BCUT2D eigenvalue weighted by Crippen LogP contribution is -2.48. The molecule has 0 aromatic heterocycles. The number of allylic oxidation sites excluding steroid dienone is 4. The maximum absolute atomic E-state index is 11.5. The van der Waals surface area contributed by atoms with Crippen LogP contribution < -0.4 is 0 Å². The SMILES string of the molecule is C=C1CC[C@H](O)C/C1=C/C=C1\CCC[C@]2(C)[C@@H]1CC[C@@H]2[C@@](C)(O)CC(O)C(O)C(C)C. The van der Waals surface area contributed by atoms with Crippen molar-refractivity contribution in [1.82, 2.24) is 0 Å². The van der Waals surface area contributed by atoms with Crippen LogP contribution in [0.5, 0.6) is 0 Å². The van der Waals surface area contributed by atoms with Gasteiger partial charge in [-0.15, -0.1) is 0 Å². The van der Waals surface area contributed by atoms with Gasteiger partial charge in [-0.25, -0.2) is 0 Å². The highest BCUT2D eigenvalue weighted by Crippen LogP contribution is 2.60. The van der Waals surface area contributed by atoms with Gasteiger partial charge in [0, 0.05) is 6.42 Å². The van der Waals surface area contributed by atoms with Crippen molar-refractivity contribution in [3.05, 3.63) is 35.5 Å². The van der Waals surface area contributed by atoms with Crippen molar-refractivity contribution in [1.29, 1.82) is 0 Å². The molecule has 31 heavy (non-hydrogen) atoms. The molecule has 0 heterocycles. The van der Waals surface area contributed by atoms with Crippen LogP contribution in [-0.2, 0) is 0 Å². The highest BCUT2D eigenvalue weighted by atomic mass is 16.3. The summed E-state index contributed by atoms with van der Waals surface area (Å²) in [5.41, 5.74) is 2.76. The highest BCUT2D eigenvalue weighted by molar-refractivity contribution is 5.36. The predicted molar refractivity (Wildman–Crippen MR) is 125 cm³/mol. The van der Waals surface area contributed by atoms with E-state index >= 15 is 0 Å². The molecule has 7 atom stereocenters. The lowest BCUT2D eigenvalue weighted by atomic mass is 9.59. The molecular formula is C27H44O4. The number of aliphatic hydroxyl groups is 4. The molecule has 0 radical (unpaired) electrons. The van der Waals surface area contributed by atoms with Crippen molar-refractivity contribution < 1.29 is 20.4 Å². The first-order valence-electron chi connectivity index (χ1n) is 12.3. The lowest BCUT2D eigenvalue weighted by Gasteiger charge is -2.48. The molecule has 0 aromatic carbocycles. The van der Waals surface area contributed by atoms with E-state index in [1.807, 2.05) is 20.8 Å². The summed E-state index contributed by atoms with van der Waals surface area (Å²) in [6.45, 7) is 12.1. The first kappa shape index (κ1) is 24.7. The van der Waals surface area contributed by atoms with Gasteiger partial charge in [0.1, 0.15) is 0 Å². The Morgan fingerprint density at radius 2 is 1.87 bits per heavy atom. The molecule has 176 valence electrons. The zero-order valence-corrected chi connectivity index (χ0v) is 20.0. The van der Waals surface area contributed by atoms with E-state index in [2.05, 4.69) is 25.7 Å². The average molecular weight is 433 g/mol. The topological polar surface area (TPSA) is 80.9 Å². The second-order valence-corrected chi connectivity index (χ2v) is 11.3. The van der Waals surface area contributed by atoms with Gasteiger partial charge >= 0.3 is 0 Å². The number of hydrogen-bond donors (Lipinski definition) is 4. The fourth-order valence-corrected chi connectivity index (χ4v) is 6.79. The van der Waals surface area contributed by atoms with E-state index in [0.29, 0.717) is 12.3 Å². The van der Waals surface area contributed by atoms with Crippen LogP contribution in [-0.4, -0.2) is 44.3 Å². The van der Waals surface area contributed by atoms with Gasteiger partial charge in [0.25, 0.3) is 0 Å². The summed E-state index contributed by atoms with van der Waals surface area (Å²) in [5, 5.41) is 42.3. The van der Waals surface area contributed by atoms with Crippen molar-refractivity contribution in [3.63, 3.8) is 0 Å².